The Hall–Kier alpha value is -6.99. The Kier molecular flexibility index (Phi) is 24.7. The molecule has 0 aliphatic carbocycles. The van der Waals surface area contributed by atoms with Gasteiger partial charge in [-0.3, -0.25) is 33.7 Å². The zero-order valence-electron chi connectivity index (χ0n) is 39.8. The minimum atomic E-state index is -1.07. The number of nitrogens with zero attached hydrogens (tertiary/aromatic N) is 1. The molecule has 67 heavy (non-hydrogen) atoms. The van der Waals surface area contributed by atoms with E-state index in [1.807, 2.05) is 19.9 Å². The summed E-state index contributed by atoms with van der Waals surface area (Å²) in [6.45, 7) is 11.0. The van der Waals surface area contributed by atoms with Gasteiger partial charge in [-0.1, -0.05) is 78.3 Å². The molecule has 0 heterocycles. The Morgan fingerprint density at radius 1 is 0.642 bits per heavy atom. The van der Waals surface area contributed by atoms with E-state index >= 15 is 0 Å². The predicted molar refractivity (Wildman–Crippen MR) is 252 cm³/mol. The second-order valence-corrected chi connectivity index (χ2v) is 16.9. The molecular weight excluding hydrogens is 867 g/mol. The summed E-state index contributed by atoms with van der Waals surface area (Å²) in [7, 11) is 2.65. The fraction of sp³-hybridized carbons (Fsp3) is 0.511. The standard InChI is InChI=1S/C47H69N9O11/c1-29(2)39(54-37(58)19-13-10-14-26-49-36(57)24-25-38(59)66-8)44(62)53-35(18-15-27-50-46(48)64)42(60)51-34-22-20-32(21-23-34)28-67-47(65)56(7)41(31(5)6)45(63)55-40(30(3)4)43(61)52-33-16-11-9-12-17-33/h9,11-12,16-17,20-25,29-31,35,39-41H,10,13-15,18-19,26-28H2,1-8H3,(H,49,57)(H,51,60)(H,52,61)(H,53,62)(H,54,58)(H,55,63)(H3,48,50,64)/b25-24-/t35-,39-,40-,41-/m0/s1. The molecule has 0 unspecified atom stereocenters. The van der Waals surface area contributed by atoms with Crippen LogP contribution in [0.15, 0.2) is 66.7 Å². The summed E-state index contributed by atoms with van der Waals surface area (Å²) in [6.07, 6.45) is 3.49. The van der Waals surface area contributed by atoms with Crippen molar-refractivity contribution in [2.45, 2.75) is 111 Å². The number of methoxy groups -OCH3 is 1. The number of para-hydroxylation sites is 1. The first-order chi connectivity index (χ1) is 31.7. The highest BCUT2D eigenvalue weighted by atomic mass is 16.6. The third kappa shape index (κ3) is 21.2. The van der Waals surface area contributed by atoms with E-state index in [0.29, 0.717) is 42.7 Å². The van der Waals surface area contributed by atoms with Gasteiger partial charge in [0.2, 0.25) is 35.4 Å². The molecule has 9 N–H and O–H groups in total. The summed E-state index contributed by atoms with van der Waals surface area (Å²) in [5.74, 6) is -4.46. The topological polar surface area (TPSA) is 286 Å². The number of rotatable bonds is 27. The minimum absolute atomic E-state index is 0.113. The summed E-state index contributed by atoms with van der Waals surface area (Å²) in [5.41, 5.74) is 6.71. The highest BCUT2D eigenvalue weighted by Gasteiger charge is 2.35. The van der Waals surface area contributed by atoms with E-state index in [4.69, 9.17) is 10.5 Å². The molecule has 0 saturated heterocycles. The highest BCUT2D eigenvalue weighted by Crippen LogP contribution is 2.17. The third-order valence-corrected chi connectivity index (χ3v) is 10.3. The summed E-state index contributed by atoms with van der Waals surface area (Å²) in [6, 6.07) is 10.7. The normalized spacial score (nSPS) is 12.8. The molecular formula is C47H69N9O11. The monoisotopic (exact) mass is 936 g/mol. The second kappa shape index (κ2) is 29.5. The number of primary amides is 1. The molecule has 2 rings (SSSR count). The Morgan fingerprint density at radius 2 is 1.24 bits per heavy atom. The largest absolute Gasteiger partial charge is 0.466 e. The zero-order chi connectivity index (χ0) is 50.1. The van der Waals surface area contributed by atoms with Crippen LogP contribution < -0.4 is 43.0 Å². The van der Waals surface area contributed by atoms with Crippen LogP contribution in [-0.2, 0) is 49.6 Å². The molecule has 2 aromatic carbocycles. The fourth-order valence-electron chi connectivity index (χ4n) is 6.61. The highest BCUT2D eigenvalue weighted by molar-refractivity contribution is 5.99. The van der Waals surface area contributed by atoms with E-state index < -0.39 is 71.8 Å². The Morgan fingerprint density at radius 3 is 1.84 bits per heavy atom. The lowest BCUT2D eigenvalue weighted by molar-refractivity contribution is -0.135. The summed E-state index contributed by atoms with van der Waals surface area (Å²) in [4.78, 5) is 115. The molecule has 4 atom stereocenters. The molecule has 0 aromatic heterocycles. The van der Waals surface area contributed by atoms with Gasteiger partial charge in [-0.2, -0.15) is 0 Å². The Balaban J connectivity index is 2.01. The predicted octanol–water partition coefficient (Wildman–Crippen LogP) is 3.48. The van der Waals surface area contributed by atoms with Gasteiger partial charge in [0.1, 0.15) is 30.8 Å². The number of amides is 9. The van der Waals surface area contributed by atoms with Crippen molar-refractivity contribution in [1.82, 2.24) is 31.5 Å². The molecule has 20 heteroatoms. The molecule has 0 spiro atoms. The first-order valence-electron chi connectivity index (χ1n) is 22.4. The van der Waals surface area contributed by atoms with Crippen molar-refractivity contribution < 1.29 is 52.6 Å². The molecule has 20 nitrogen and oxygen atoms in total. The quantitative estimate of drug-likeness (QED) is 0.0365. The Labute approximate surface area is 392 Å². The Bertz CT molecular complexity index is 1990. The van der Waals surface area contributed by atoms with Gasteiger partial charge in [-0.05, 0) is 73.3 Å². The van der Waals surface area contributed by atoms with Crippen LogP contribution in [0.5, 0.6) is 0 Å². The number of esters is 1. The maximum atomic E-state index is 13.6. The van der Waals surface area contributed by atoms with Crippen LogP contribution in [0.3, 0.4) is 0 Å². The van der Waals surface area contributed by atoms with E-state index in [9.17, 15) is 43.2 Å². The van der Waals surface area contributed by atoms with Crippen LogP contribution in [-0.4, -0.2) is 110 Å². The molecule has 0 aliphatic heterocycles. The van der Waals surface area contributed by atoms with Gasteiger partial charge in [0.25, 0.3) is 0 Å². The van der Waals surface area contributed by atoms with Crippen molar-refractivity contribution in [3.63, 3.8) is 0 Å². The van der Waals surface area contributed by atoms with Crippen molar-refractivity contribution >= 4 is 64.9 Å². The lowest BCUT2D eigenvalue weighted by Crippen LogP contribution is -2.56. The first kappa shape index (κ1) is 56.1. The minimum Gasteiger partial charge on any atom is -0.466 e. The summed E-state index contributed by atoms with van der Waals surface area (Å²) >= 11 is 0. The number of nitrogens with two attached hydrogens (primary N) is 1. The maximum absolute atomic E-state index is 13.6. The van der Waals surface area contributed by atoms with Crippen LogP contribution in [0.25, 0.3) is 0 Å². The molecule has 0 radical (unpaired) electrons. The summed E-state index contributed by atoms with van der Waals surface area (Å²) in [5, 5.41) is 19.0. The third-order valence-electron chi connectivity index (χ3n) is 10.3. The number of anilines is 2. The average molecular weight is 936 g/mol. The SMILES string of the molecule is COC(=O)/C=C\C(=O)NCCCCCC(=O)N[C@H](C(=O)N[C@@H](CCCNC(N)=O)C(=O)Nc1ccc(COC(=O)N(C)[C@H](C(=O)N[C@H](C(=O)Nc2ccccc2)C(C)C)C(C)C)cc1)C(C)C. The van der Waals surface area contributed by atoms with Gasteiger partial charge in [0.15, 0.2) is 0 Å². The number of carbonyl (C=O) groups excluding carboxylic acids is 9. The van der Waals surface area contributed by atoms with E-state index in [1.54, 1.807) is 76.2 Å². The van der Waals surface area contributed by atoms with Crippen molar-refractivity contribution in [3.8, 4) is 0 Å². The van der Waals surface area contributed by atoms with Crippen LogP contribution in [0.4, 0.5) is 21.0 Å². The number of hydrogen-bond donors (Lipinski definition) is 8. The van der Waals surface area contributed by atoms with E-state index in [0.717, 1.165) is 12.2 Å². The summed E-state index contributed by atoms with van der Waals surface area (Å²) < 4.78 is 9.99. The van der Waals surface area contributed by atoms with Gasteiger partial charge < -0.3 is 52.4 Å². The number of benzene rings is 2. The number of likely N-dealkylation sites (N-methyl/N-ethyl adjacent to an activating group) is 1. The van der Waals surface area contributed by atoms with Gasteiger partial charge in [-0.15, -0.1) is 0 Å². The number of nitrogens with one attached hydrogen (secondary N) is 7. The molecule has 2 aromatic rings. The number of ether oxygens (including phenoxy) is 2. The molecule has 0 fully saturated rings. The van der Waals surface area contributed by atoms with E-state index in [2.05, 4.69) is 42.0 Å². The lowest BCUT2D eigenvalue weighted by atomic mass is 9.99. The number of unbranched alkanes of at least 4 members (excludes halogenated alkanes) is 2. The van der Waals surface area contributed by atoms with Gasteiger partial charge in [-0.25, -0.2) is 14.4 Å². The van der Waals surface area contributed by atoms with Gasteiger partial charge in [0.05, 0.1) is 7.11 Å². The van der Waals surface area contributed by atoms with E-state index in [-0.39, 0.29) is 56.1 Å². The molecule has 0 aliphatic rings. The molecule has 9 amide bonds. The van der Waals surface area contributed by atoms with Crippen LogP contribution >= 0.6 is 0 Å². The van der Waals surface area contributed by atoms with Crippen molar-refractivity contribution in [2.24, 2.45) is 23.5 Å². The van der Waals surface area contributed by atoms with Crippen LogP contribution in [0, 0.1) is 17.8 Å². The number of carbonyl (C=O) groups is 9. The molecule has 0 bridgehead atoms. The molecule has 368 valence electrons. The number of urea groups is 1. The average Bonchev–Trinajstić information content (AvgIpc) is 3.27. The first-order valence-corrected chi connectivity index (χ1v) is 22.4. The fourth-order valence-corrected chi connectivity index (χ4v) is 6.61. The van der Waals surface area contributed by atoms with E-state index in [1.165, 1.54) is 19.1 Å². The maximum Gasteiger partial charge on any atom is 0.410 e. The van der Waals surface area contributed by atoms with Gasteiger partial charge in [0, 0.05) is 50.1 Å². The smallest absolute Gasteiger partial charge is 0.410 e. The van der Waals surface area contributed by atoms with Crippen molar-refractivity contribution in [3.05, 3.63) is 72.3 Å². The second-order valence-electron chi connectivity index (χ2n) is 16.9. The zero-order valence-corrected chi connectivity index (χ0v) is 39.8. The van der Waals surface area contributed by atoms with Crippen LogP contribution in [0.1, 0.15) is 85.6 Å². The van der Waals surface area contributed by atoms with Crippen molar-refractivity contribution in [1.29, 1.82) is 0 Å². The van der Waals surface area contributed by atoms with Crippen LogP contribution in [0.2, 0.25) is 0 Å². The van der Waals surface area contributed by atoms with Crippen molar-refractivity contribution in [2.75, 3.05) is 37.9 Å². The number of hydrogen-bond acceptors (Lipinski definition) is 11. The lowest BCUT2D eigenvalue weighted by Gasteiger charge is -2.31. The van der Waals surface area contributed by atoms with Gasteiger partial charge >= 0.3 is 18.1 Å². The molecule has 0 saturated carbocycles.